The average Bonchev–Trinajstić information content (AvgIpc) is 2.53. The summed E-state index contributed by atoms with van der Waals surface area (Å²) in [5.74, 6) is 0.169. The van der Waals surface area contributed by atoms with Crippen molar-refractivity contribution >= 4 is 5.84 Å². The van der Waals surface area contributed by atoms with Crippen LogP contribution in [0.25, 0.3) is 0 Å². The summed E-state index contributed by atoms with van der Waals surface area (Å²) in [6.07, 6.45) is 5.01. The van der Waals surface area contributed by atoms with Gasteiger partial charge in [0.25, 0.3) is 0 Å². The van der Waals surface area contributed by atoms with E-state index in [2.05, 4.69) is 10.1 Å². The van der Waals surface area contributed by atoms with Gasteiger partial charge in [-0.15, -0.1) is 0 Å². The van der Waals surface area contributed by atoms with Crippen LogP contribution in [0.3, 0.4) is 0 Å². The molecular formula is C6H10N4O. The molecular weight excluding hydrogens is 144 g/mol. The molecule has 0 aliphatic carbocycles. The predicted octanol–water partition coefficient (Wildman–Crippen LogP) is 0.190. The van der Waals surface area contributed by atoms with Crippen LogP contribution in [-0.4, -0.2) is 20.6 Å². The Morgan fingerprint density at radius 3 is 3.00 bits per heavy atom. The largest absolute Gasteiger partial charge is 0.409 e. The Bertz CT molecular complexity index is 241. The van der Waals surface area contributed by atoms with Crippen LogP contribution in [-0.2, 0) is 0 Å². The van der Waals surface area contributed by atoms with Gasteiger partial charge in [-0.1, -0.05) is 5.16 Å². The van der Waals surface area contributed by atoms with Crippen molar-refractivity contribution < 1.29 is 5.21 Å². The summed E-state index contributed by atoms with van der Waals surface area (Å²) in [6.45, 7) is 1.82. The fourth-order valence-corrected chi connectivity index (χ4v) is 0.735. The van der Waals surface area contributed by atoms with Gasteiger partial charge in [0.2, 0.25) is 0 Å². The molecule has 60 valence electrons. The van der Waals surface area contributed by atoms with Crippen LogP contribution in [0.2, 0.25) is 0 Å². The molecule has 0 fully saturated rings. The quantitative estimate of drug-likeness (QED) is 0.276. The fourth-order valence-electron chi connectivity index (χ4n) is 0.735. The van der Waals surface area contributed by atoms with Gasteiger partial charge < -0.3 is 15.5 Å². The second-order valence-corrected chi connectivity index (χ2v) is 2.21. The Morgan fingerprint density at radius 1 is 1.82 bits per heavy atom. The molecule has 1 aromatic heterocycles. The van der Waals surface area contributed by atoms with Gasteiger partial charge in [-0.3, -0.25) is 0 Å². The lowest BCUT2D eigenvalue weighted by atomic mass is 10.3. The molecule has 3 N–H and O–H groups in total. The van der Waals surface area contributed by atoms with Crippen molar-refractivity contribution in [3.63, 3.8) is 0 Å². The number of imidazole rings is 1. The standard InChI is InChI=1S/C6H10N4O/c1-5(6(7)9-11)10-3-2-8-4-10/h2-5,11H,1H3,(H2,7,9). The first-order chi connectivity index (χ1) is 5.25. The van der Waals surface area contributed by atoms with Gasteiger partial charge >= 0.3 is 0 Å². The lowest BCUT2D eigenvalue weighted by Crippen LogP contribution is -2.23. The zero-order chi connectivity index (χ0) is 8.27. The average molecular weight is 154 g/mol. The van der Waals surface area contributed by atoms with Crippen molar-refractivity contribution in [3.8, 4) is 0 Å². The van der Waals surface area contributed by atoms with Crippen LogP contribution in [0.15, 0.2) is 23.9 Å². The summed E-state index contributed by atoms with van der Waals surface area (Å²) < 4.78 is 1.75. The molecule has 1 rings (SSSR count). The molecule has 0 saturated carbocycles. The summed E-state index contributed by atoms with van der Waals surface area (Å²) in [5, 5.41) is 11.2. The van der Waals surface area contributed by atoms with E-state index in [1.807, 2.05) is 6.92 Å². The highest BCUT2D eigenvalue weighted by Crippen LogP contribution is 2.02. The highest BCUT2D eigenvalue weighted by atomic mass is 16.4. The van der Waals surface area contributed by atoms with E-state index in [1.54, 1.807) is 23.3 Å². The van der Waals surface area contributed by atoms with Crippen molar-refractivity contribution in [1.29, 1.82) is 0 Å². The molecule has 1 unspecified atom stereocenters. The molecule has 0 spiro atoms. The minimum atomic E-state index is -0.150. The van der Waals surface area contributed by atoms with Gasteiger partial charge in [-0.25, -0.2) is 4.98 Å². The van der Waals surface area contributed by atoms with Gasteiger partial charge in [-0.2, -0.15) is 0 Å². The highest BCUT2D eigenvalue weighted by Gasteiger charge is 2.07. The smallest absolute Gasteiger partial charge is 0.162 e. The number of nitrogens with zero attached hydrogens (tertiary/aromatic N) is 3. The van der Waals surface area contributed by atoms with Crippen molar-refractivity contribution in [3.05, 3.63) is 18.7 Å². The molecule has 0 aliphatic heterocycles. The van der Waals surface area contributed by atoms with E-state index in [-0.39, 0.29) is 11.9 Å². The van der Waals surface area contributed by atoms with Crippen LogP contribution in [0.5, 0.6) is 0 Å². The molecule has 0 bridgehead atoms. The van der Waals surface area contributed by atoms with Crippen LogP contribution < -0.4 is 5.73 Å². The zero-order valence-electron chi connectivity index (χ0n) is 6.18. The lowest BCUT2D eigenvalue weighted by molar-refractivity contribution is 0.314. The molecule has 0 amide bonds. The third-order valence-electron chi connectivity index (χ3n) is 1.52. The van der Waals surface area contributed by atoms with Crippen LogP contribution in [0, 0.1) is 0 Å². The van der Waals surface area contributed by atoms with Crippen molar-refractivity contribution in [2.24, 2.45) is 10.9 Å². The number of nitrogens with two attached hydrogens (primary N) is 1. The van der Waals surface area contributed by atoms with Crippen LogP contribution in [0.1, 0.15) is 13.0 Å². The minimum Gasteiger partial charge on any atom is -0.409 e. The zero-order valence-corrected chi connectivity index (χ0v) is 6.18. The van der Waals surface area contributed by atoms with Crippen LogP contribution >= 0.6 is 0 Å². The summed E-state index contributed by atoms with van der Waals surface area (Å²) in [4.78, 5) is 3.83. The lowest BCUT2D eigenvalue weighted by Gasteiger charge is -2.09. The molecule has 5 heteroatoms. The number of oxime groups is 1. The molecule has 5 nitrogen and oxygen atoms in total. The van der Waals surface area contributed by atoms with E-state index in [0.717, 1.165) is 0 Å². The highest BCUT2D eigenvalue weighted by molar-refractivity contribution is 5.83. The van der Waals surface area contributed by atoms with Gasteiger partial charge in [0.1, 0.15) is 0 Å². The second-order valence-electron chi connectivity index (χ2n) is 2.21. The maximum Gasteiger partial charge on any atom is 0.162 e. The van der Waals surface area contributed by atoms with Crippen molar-refractivity contribution in [2.75, 3.05) is 0 Å². The van der Waals surface area contributed by atoms with E-state index < -0.39 is 0 Å². The molecule has 0 radical (unpaired) electrons. The molecule has 0 aliphatic rings. The predicted molar refractivity (Wildman–Crippen MR) is 40.3 cm³/mol. The summed E-state index contributed by atoms with van der Waals surface area (Å²) in [7, 11) is 0. The number of aromatic nitrogens is 2. The number of hydrogen-bond donors (Lipinski definition) is 2. The van der Waals surface area contributed by atoms with E-state index >= 15 is 0 Å². The third kappa shape index (κ3) is 1.49. The minimum absolute atomic E-state index is 0.150. The first kappa shape index (κ1) is 7.59. The summed E-state index contributed by atoms with van der Waals surface area (Å²) >= 11 is 0. The van der Waals surface area contributed by atoms with Crippen LogP contribution in [0.4, 0.5) is 0 Å². The molecule has 1 atom stereocenters. The van der Waals surface area contributed by atoms with E-state index in [1.165, 1.54) is 0 Å². The van der Waals surface area contributed by atoms with E-state index in [0.29, 0.717) is 0 Å². The first-order valence-electron chi connectivity index (χ1n) is 3.20. The second kappa shape index (κ2) is 3.05. The maximum atomic E-state index is 8.33. The number of amidine groups is 1. The molecule has 0 saturated heterocycles. The monoisotopic (exact) mass is 154 g/mol. The maximum absolute atomic E-state index is 8.33. The van der Waals surface area contributed by atoms with Gasteiger partial charge in [0.05, 0.1) is 12.4 Å². The number of rotatable bonds is 2. The first-order valence-corrected chi connectivity index (χ1v) is 3.20. The normalized spacial score (nSPS) is 14.8. The Morgan fingerprint density at radius 2 is 2.55 bits per heavy atom. The number of hydrogen-bond acceptors (Lipinski definition) is 3. The molecule has 1 heterocycles. The third-order valence-corrected chi connectivity index (χ3v) is 1.52. The Kier molecular flexibility index (Phi) is 2.10. The molecule has 1 aromatic rings. The van der Waals surface area contributed by atoms with Gasteiger partial charge in [-0.05, 0) is 6.92 Å². The van der Waals surface area contributed by atoms with Crippen molar-refractivity contribution in [2.45, 2.75) is 13.0 Å². The summed E-state index contributed by atoms with van der Waals surface area (Å²) in [5.41, 5.74) is 5.36. The van der Waals surface area contributed by atoms with Gasteiger partial charge in [0, 0.05) is 12.4 Å². The molecule has 0 aromatic carbocycles. The topological polar surface area (TPSA) is 76.4 Å². The van der Waals surface area contributed by atoms with E-state index in [9.17, 15) is 0 Å². The Balaban J connectivity index is 2.78. The molecule has 11 heavy (non-hydrogen) atoms. The Hall–Kier alpha value is -1.52. The SMILES string of the molecule is CC(C(N)=NO)n1ccnc1. The van der Waals surface area contributed by atoms with Gasteiger partial charge in [0.15, 0.2) is 5.84 Å². The summed E-state index contributed by atoms with van der Waals surface area (Å²) in [6, 6.07) is -0.150. The van der Waals surface area contributed by atoms with Crippen molar-refractivity contribution in [1.82, 2.24) is 9.55 Å². The fraction of sp³-hybridized carbons (Fsp3) is 0.333. The van der Waals surface area contributed by atoms with E-state index in [4.69, 9.17) is 10.9 Å². The Labute approximate surface area is 64.1 Å².